The summed E-state index contributed by atoms with van der Waals surface area (Å²) in [5, 5.41) is 32.6. The zero-order chi connectivity index (χ0) is 47.4. The van der Waals surface area contributed by atoms with Crippen molar-refractivity contribution in [3.8, 4) is 0 Å². The van der Waals surface area contributed by atoms with Gasteiger partial charge in [0.15, 0.2) is 6.29 Å². The number of aliphatic hydroxyl groups is 3. The number of rotatable bonds is 26. The Kier molecular flexibility index (Phi) is 23.0. The fourth-order valence-corrected chi connectivity index (χ4v) is 12.6. The number of unbranched alkanes of at least 4 members (excludes halogenated alkanes) is 1. The molecule has 13 unspecified atom stereocenters. The zero-order valence-electron chi connectivity index (χ0n) is 42.1. The Balaban J connectivity index is 0.958. The molecule has 0 aromatic carbocycles. The Hall–Kier alpha value is -2.81. The summed E-state index contributed by atoms with van der Waals surface area (Å²) >= 11 is 0. The van der Waals surface area contributed by atoms with Gasteiger partial charge in [-0.1, -0.05) is 158 Å². The molecule has 4 aliphatic carbocycles. The van der Waals surface area contributed by atoms with Crippen LogP contribution < -0.4 is 0 Å². The van der Waals surface area contributed by atoms with Crippen molar-refractivity contribution in [2.75, 3.05) is 6.61 Å². The maximum absolute atomic E-state index is 12.6. The normalized spacial score (nSPS) is 34.4. The van der Waals surface area contributed by atoms with E-state index < -0.39 is 30.7 Å². The predicted octanol–water partition coefficient (Wildman–Crippen LogP) is 13.6. The van der Waals surface area contributed by atoms with Crippen LogP contribution in [0.1, 0.15) is 176 Å². The van der Waals surface area contributed by atoms with Crippen molar-refractivity contribution >= 4 is 5.97 Å². The third-order valence-corrected chi connectivity index (χ3v) is 16.5. The number of esters is 1. The van der Waals surface area contributed by atoms with Gasteiger partial charge in [0.25, 0.3) is 0 Å². The second kappa shape index (κ2) is 28.0. The molecule has 0 amide bonds. The van der Waals surface area contributed by atoms with Crippen molar-refractivity contribution < 1.29 is 34.3 Å². The van der Waals surface area contributed by atoms with Crippen molar-refractivity contribution in [2.45, 2.75) is 213 Å². The van der Waals surface area contributed by atoms with E-state index >= 15 is 0 Å². The number of aliphatic hydroxyl groups excluding tert-OH is 3. The topological polar surface area (TPSA) is 105 Å². The Morgan fingerprint density at radius 3 is 1.94 bits per heavy atom. The predicted molar refractivity (Wildman–Crippen MR) is 271 cm³/mol. The SMILES string of the molecule is CC/C=C\C/C=C\C/C=C\C/C=C\C/C=C\C/C=C\C/C=C\CCCC(=O)OCC1OC(OC2CCC3(C)C(=CCC4C3CCC3(C)C(C(C)CCCC(C)C)CCC43)C2)C(O)C(O)C1O. The first kappa shape index (κ1) is 54.1. The summed E-state index contributed by atoms with van der Waals surface area (Å²) in [5.41, 5.74) is 2.10. The standard InChI is InChI=1S/C59H92O7/c1-7-8-9-10-11-12-13-14-15-16-17-18-19-20-21-22-23-24-25-26-27-28-29-33-53(60)64-43-52-54(61)55(62)56(63)57(66-52)65-47-38-40-58(5)46(42-47)34-35-48-50-37-36-49(45(4)32-30-31-44(2)3)59(50,6)41-39-51(48)58/h8-9,11-12,14-15,17-18,20-21,23-24,26-27,34,44-45,47-52,54-57,61-63H,7,10,13,16,19,22,25,28-33,35-43H2,1-6H3/b9-8-,12-11-,15-14-,18-17-,21-20-,24-23-,27-26-. The molecule has 0 aromatic heterocycles. The molecule has 7 heteroatoms. The van der Waals surface area contributed by atoms with Gasteiger partial charge in [-0.2, -0.15) is 0 Å². The third-order valence-electron chi connectivity index (χ3n) is 16.5. The van der Waals surface area contributed by atoms with E-state index in [9.17, 15) is 20.1 Å². The van der Waals surface area contributed by atoms with E-state index in [4.69, 9.17) is 14.2 Å². The smallest absolute Gasteiger partial charge is 0.305 e. The first-order valence-corrected chi connectivity index (χ1v) is 26.6. The molecule has 370 valence electrons. The maximum Gasteiger partial charge on any atom is 0.305 e. The van der Waals surface area contributed by atoms with E-state index in [0.717, 1.165) is 107 Å². The molecular weight excluding hydrogens is 821 g/mol. The fraction of sp³-hybridized carbons (Fsp3) is 0.712. The second-order valence-electron chi connectivity index (χ2n) is 21.5. The molecule has 5 rings (SSSR count). The van der Waals surface area contributed by atoms with Crippen LogP contribution in [0, 0.1) is 46.3 Å². The highest BCUT2D eigenvalue weighted by Gasteiger charge is 2.59. The van der Waals surface area contributed by atoms with E-state index in [1.807, 2.05) is 0 Å². The summed E-state index contributed by atoms with van der Waals surface area (Å²) in [4.78, 5) is 12.6. The third kappa shape index (κ3) is 15.6. The average molecular weight is 913 g/mol. The van der Waals surface area contributed by atoms with Gasteiger partial charge in [0.05, 0.1) is 6.10 Å². The van der Waals surface area contributed by atoms with Gasteiger partial charge in [-0.25, -0.2) is 0 Å². The molecular formula is C59H92O7. The Bertz CT molecular complexity index is 1680. The van der Waals surface area contributed by atoms with Crippen LogP contribution in [0.3, 0.4) is 0 Å². The summed E-state index contributed by atoms with van der Waals surface area (Å²) in [6, 6.07) is 0. The molecule has 7 nitrogen and oxygen atoms in total. The van der Waals surface area contributed by atoms with Crippen molar-refractivity contribution in [1.29, 1.82) is 0 Å². The zero-order valence-corrected chi connectivity index (χ0v) is 42.1. The van der Waals surface area contributed by atoms with Crippen LogP contribution in [-0.4, -0.2) is 64.7 Å². The average Bonchev–Trinajstić information content (AvgIpc) is 3.66. The molecule has 1 saturated heterocycles. The van der Waals surface area contributed by atoms with Crippen molar-refractivity contribution in [2.24, 2.45) is 46.3 Å². The summed E-state index contributed by atoms with van der Waals surface area (Å²) in [5.74, 6) is 4.32. The highest BCUT2D eigenvalue weighted by molar-refractivity contribution is 5.69. The first-order valence-electron chi connectivity index (χ1n) is 26.6. The van der Waals surface area contributed by atoms with Gasteiger partial charge in [0.1, 0.15) is 31.0 Å². The minimum atomic E-state index is -1.47. The van der Waals surface area contributed by atoms with Gasteiger partial charge in [0, 0.05) is 6.42 Å². The summed E-state index contributed by atoms with van der Waals surface area (Å²) in [6.07, 6.45) is 48.4. The van der Waals surface area contributed by atoms with Crippen molar-refractivity contribution in [3.63, 3.8) is 0 Å². The van der Waals surface area contributed by atoms with Gasteiger partial charge in [-0.15, -0.1) is 0 Å². The van der Waals surface area contributed by atoms with Crippen LogP contribution in [0.2, 0.25) is 0 Å². The number of ether oxygens (including phenoxy) is 3. The second-order valence-corrected chi connectivity index (χ2v) is 21.5. The Morgan fingerprint density at radius 2 is 1.33 bits per heavy atom. The van der Waals surface area contributed by atoms with Crippen LogP contribution in [0.25, 0.3) is 0 Å². The van der Waals surface area contributed by atoms with E-state index in [1.54, 1.807) is 0 Å². The van der Waals surface area contributed by atoms with Crippen LogP contribution >= 0.6 is 0 Å². The first-order chi connectivity index (χ1) is 31.9. The largest absolute Gasteiger partial charge is 0.463 e. The molecule has 3 N–H and O–H groups in total. The minimum absolute atomic E-state index is 0.157. The number of hydrogen-bond donors (Lipinski definition) is 3. The summed E-state index contributed by atoms with van der Waals surface area (Å²) < 4.78 is 18.0. The van der Waals surface area contributed by atoms with Crippen molar-refractivity contribution in [1.82, 2.24) is 0 Å². The van der Waals surface area contributed by atoms with Crippen molar-refractivity contribution in [3.05, 3.63) is 96.7 Å². The lowest BCUT2D eigenvalue weighted by atomic mass is 9.47. The van der Waals surface area contributed by atoms with Gasteiger partial charge in [-0.3, -0.25) is 4.79 Å². The molecule has 5 aliphatic rings. The van der Waals surface area contributed by atoms with Crippen LogP contribution in [0.4, 0.5) is 0 Å². The molecule has 0 aromatic rings. The van der Waals surface area contributed by atoms with Gasteiger partial charge >= 0.3 is 5.97 Å². The highest BCUT2D eigenvalue weighted by atomic mass is 16.7. The van der Waals surface area contributed by atoms with Gasteiger partial charge < -0.3 is 29.5 Å². The minimum Gasteiger partial charge on any atom is -0.463 e. The lowest BCUT2D eigenvalue weighted by molar-refractivity contribution is -0.313. The monoisotopic (exact) mass is 913 g/mol. The fourth-order valence-electron chi connectivity index (χ4n) is 12.6. The lowest BCUT2D eigenvalue weighted by Gasteiger charge is -2.58. The molecule has 13 atom stereocenters. The molecule has 66 heavy (non-hydrogen) atoms. The number of fused-ring (bicyclic) bond motifs is 5. The molecule has 1 heterocycles. The molecule has 0 radical (unpaired) electrons. The molecule has 1 aliphatic heterocycles. The van der Waals surface area contributed by atoms with E-state index in [-0.39, 0.29) is 30.5 Å². The van der Waals surface area contributed by atoms with E-state index in [0.29, 0.717) is 17.8 Å². The number of carbonyl (C=O) groups excluding carboxylic acids is 1. The Labute approximate surface area is 401 Å². The maximum atomic E-state index is 12.6. The quantitative estimate of drug-likeness (QED) is 0.0451. The molecule has 0 bridgehead atoms. The van der Waals surface area contributed by atoms with E-state index in [2.05, 4.69) is 133 Å². The molecule has 4 fully saturated rings. The molecule has 0 spiro atoms. The summed E-state index contributed by atoms with van der Waals surface area (Å²) in [6.45, 7) is 14.4. The van der Waals surface area contributed by atoms with E-state index in [1.165, 1.54) is 50.5 Å². The number of carbonyl (C=O) groups is 1. The van der Waals surface area contributed by atoms with Gasteiger partial charge in [-0.05, 0) is 155 Å². The van der Waals surface area contributed by atoms with Crippen LogP contribution in [-0.2, 0) is 19.0 Å². The highest BCUT2D eigenvalue weighted by Crippen LogP contribution is 2.67. The summed E-state index contributed by atoms with van der Waals surface area (Å²) in [7, 11) is 0. The van der Waals surface area contributed by atoms with Gasteiger partial charge in [0.2, 0.25) is 0 Å². The molecule has 3 saturated carbocycles. The Morgan fingerprint density at radius 1 is 0.727 bits per heavy atom. The number of allylic oxidation sites excluding steroid dienone is 15. The van der Waals surface area contributed by atoms with Crippen LogP contribution in [0.5, 0.6) is 0 Å². The lowest BCUT2D eigenvalue weighted by Crippen LogP contribution is -2.60. The van der Waals surface area contributed by atoms with Crippen LogP contribution in [0.15, 0.2) is 96.7 Å². The number of hydrogen-bond acceptors (Lipinski definition) is 7.